The number of fused-ring (bicyclic) bond motifs is 1. The van der Waals surface area contributed by atoms with Gasteiger partial charge in [0.1, 0.15) is 0 Å². The Bertz CT molecular complexity index is 906. The van der Waals surface area contributed by atoms with Crippen LogP contribution in [0.2, 0.25) is 0 Å². The Morgan fingerprint density at radius 2 is 1.55 bits per heavy atom. The molecule has 0 amide bonds. The van der Waals surface area contributed by atoms with Crippen LogP contribution in [0.3, 0.4) is 0 Å². The molecule has 2 atom stereocenters. The first-order chi connectivity index (χ1) is 14.8. The smallest absolute Gasteiger partial charge is 0.317 e. The molecule has 0 radical (unpaired) electrons. The normalized spacial score (nSPS) is 19.4. The molecule has 1 saturated carbocycles. The first-order valence-electron chi connectivity index (χ1n) is 10.4. The van der Waals surface area contributed by atoms with Gasteiger partial charge in [0, 0.05) is 30.2 Å². The number of aliphatic carboxylic acids is 2. The molecule has 0 spiro atoms. The number of carboxylic acid groups (broad SMARTS) is 2. The first kappa shape index (κ1) is 23.1. The standard InChI is InChI=1S/C22H29N3O6/c26-20(27)12-24(11-17-9-15-5-1-2-6-16(15)10-23-17)18-7-3-4-8-19(18)25(13-21(28)29)14-22(30)31/h1-2,5-6,9-10,18-19,21,28-29H,3-4,7-8,11-14H2,(H,26,27)(H,30,31)/t18-,19?/m0/s1. The predicted octanol–water partition coefficient (Wildman–Crippen LogP) is 1.13. The lowest BCUT2D eigenvalue weighted by molar-refractivity contribution is -0.145. The molecule has 0 aliphatic heterocycles. The van der Waals surface area contributed by atoms with Gasteiger partial charge in [0.2, 0.25) is 0 Å². The van der Waals surface area contributed by atoms with Crippen molar-refractivity contribution in [2.45, 2.75) is 50.6 Å². The van der Waals surface area contributed by atoms with E-state index in [1.54, 1.807) is 11.1 Å². The second-order valence-corrected chi connectivity index (χ2v) is 8.04. The molecular weight excluding hydrogens is 402 g/mol. The van der Waals surface area contributed by atoms with Crippen molar-refractivity contribution >= 4 is 22.7 Å². The zero-order valence-electron chi connectivity index (χ0n) is 17.3. The number of hydrogen-bond acceptors (Lipinski definition) is 7. The largest absolute Gasteiger partial charge is 0.480 e. The Balaban J connectivity index is 1.87. The van der Waals surface area contributed by atoms with Crippen LogP contribution in [-0.2, 0) is 16.1 Å². The fourth-order valence-corrected chi connectivity index (χ4v) is 4.53. The van der Waals surface area contributed by atoms with Crippen molar-refractivity contribution in [2.24, 2.45) is 0 Å². The Hall–Kier alpha value is -2.59. The zero-order valence-corrected chi connectivity index (χ0v) is 17.3. The molecule has 168 valence electrons. The van der Waals surface area contributed by atoms with Crippen molar-refractivity contribution in [1.29, 1.82) is 0 Å². The van der Waals surface area contributed by atoms with Gasteiger partial charge < -0.3 is 20.4 Å². The van der Waals surface area contributed by atoms with Crippen molar-refractivity contribution in [2.75, 3.05) is 19.6 Å². The van der Waals surface area contributed by atoms with E-state index in [9.17, 15) is 30.0 Å². The number of carbonyl (C=O) groups is 2. The Morgan fingerprint density at radius 3 is 2.16 bits per heavy atom. The summed E-state index contributed by atoms with van der Waals surface area (Å²) in [5.74, 6) is -2.04. The summed E-state index contributed by atoms with van der Waals surface area (Å²) in [6.45, 7) is -0.449. The molecule has 0 bridgehead atoms. The number of aliphatic hydroxyl groups excluding tert-OH is 1. The number of pyridine rings is 1. The zero-order chi connectivity index (χ0) is 22.4. The van der Waals surface area contributed by atoms with Crippen molar-refractivity contribution in [3.63, 3.8) is 0 Å². The van der Waals surface area contributed by atoms with Gasteiger partial charge in [-0.2, -0.15) is 0 Å². The lowest BCUT2D eigenvalue weighted by atomic mass is 9.87. The van der Waals surface area contributed by atoms with Crippen molar-refractivity contribution in [3.05, 3.63) is 42.2 Å². The highest BCUT2D eigenvalue weighted by atomic mass is 16.5. The average Bonchev–Trinajstić information content (AvgIpc) is 2.72. The van der Waals surface area contributed by atoms with E-state index in [0.29, 0.717) is 19.4 Å². The maximum Gasteiger partial charge on any atom is 0.317 e. The highest BCUT2D eigenvalue weighted by Gasteiger charge is 2.36. The summed E-state index contributed by atoms with van der Waals surface area (Å²) in [5.41, 5.74) is 0.733. The maximum absolute atomic E-state index is 11.6. The number of aliphatic hydroxyl groups is 2. The van der Waals surface area contributed by atoms with E-state index in [-0.39, 0.29) is 31.7 Å². The number of aromatic nitrogens is 1. The van der Waals surface area contributed by atoms with Crippen molar-refractivity contribution in [3.8, 4) is 0 Å². The van der Waals surface area contributed by atoms with Gasteiger partial charge in [-0.15, -0.1) is 0 Å². The molecule has 1 aliphatic carbocycles. The summed E-state index contributed by atoms with van der Waals surface area (Å²) in [5, 5.41) is 39.8. The van der Waals surface area contributed by atoms with E-state index in [4.69, 9.17) is 0 Å². The van der Waals surface area contributed by atoms with Crippen LogP contribution in [0.15, 0.2) is 36.5 Å². The van der Waals surface area contributed by atoms with Crippen LogP contribution in [0.1, 0.15) is 31.4 Å². The molecule has 3 rings (SSSR count). The summed E-state index contributed by atoms with van der Waals surface area (Å²) in [6, 6.07) is 9.20. The molecule has 1 fully saturated rings. The molecular formula is C22H29N3O6. The van der Waals surface area contributed by atoms with Gasteiger partial charge in [-0.1, -0.05) is 37.1 Å². The summed E-state index contributed by atoms with van der Waals surface area (Å²) < 4.78 is 0. The number of benzene rings is 1. The van der Waals surface area contributed by atoms with E-state index < -0.39 is 18.2 Å². The molecule has 9 heteroatoms. The minimum absolute atomic E-state index is 0.206. The molecule has 0 saturated heterocycles. The van der Waals surface area contributed by atoms with Gasteiger partial charge in [0.05, 0.1) is 25.3 Å². The SMILES string of the molecule is O=C(O)CN(CC(O)O)C1CCCC[C@@H]1N(CC(=O)O)Cc1cc2ccccc2cn1. The van der Waals surface area contributed by atoms with Crippen LogP contribution in [-0.4, -0.2) is 85.2 Å². The molecule has 1 aromatic carbocycles. The molecule has 1 heterocycles. The fraction of sp³-hybridized carbons (Fsp3) is 0.500. The number of rotatable bonds is 10. The molecule has 4 N–H and O–H groups in total. The van der Waals surface area contributed by atoms with Crippen LogP contribution in [0.5, 0.6) is 0 Å². The fourth-order valence-electron chi connectivity index (χ4n) is 4.53. The lowest BCUT2D eigenvalue weighted by Crippen LogP contribution is -2.56. The van der Waals surface area contributed by atoms with E-state index >= 15 is 0 Å². The Labute approximate surface area is 180 Å². The Kier molecular flexibility index (Phi) is 7.91. The van der Waals surface area contributed by atoms with Gasteiger partial charge in [-0.05, 0) is 24.3 Å². The summed E-state index contributed by atoms with van der Waals surface area (Å²) in [7, 11) is 0. The topological polar surface area (TPSA) is 134 Å². The third-order valence-corrected chi connectivity index (χ3v) is 5.76. The van der Waals surface area contributed by atoms with Crippen LogP contribution in [0.4, 0.5) is 0 Å². The van der Waals surface area contributed by atoms with Crippen molar-refractivity contribution in [1.82, 2.24) is 14.8 Å². The van der Waals surface area contributed by atoms with E-state index in [1.165, 1.54) is 0 Å². The van der Waals surface area contributed by atoms with Crippen LogP contribution in [0.25, 0.3) is 10.8 Å². The van der Waals surface area contributed by atoms with E-state index in [0.717, 1.165) is 29.3 Å². The molecule has 31 heavy (non-hydrogen) atoms. The van der Waals surface area contributed by atoms with Gasteiger partial charge in [0.15, 0.2) is 6.29 Å². The second kappa shape index (κ2) is 10.6. The Morgan fingerprint density at radius 1 is 0.968 bits per heavy atom. The molecule has 1 aromatic heterocycles. The highest BCUT2D eigenvalue weighted by molar-refractivity contribution is 5.81. The number of carboxylic acids is 2. The van der Waals surface area contributed by atoms with Crippen LogP contribution < -0.4 is 0 Å². The summed E-state index contributed by atoms with van der Waals surface area (Å²) >= 11 is 0. The van der Waals surface area contributed by atoms with E-state index in [1.807, 2.05) is 35.2 Å². The number of nitrogens with zero attached hydrogens (tertiary/aromatic N) is 3. The minimum Gasteiger partial charge on any atom is -0.480 e. The van der Waals surface area contributed by atoms with Gasteiger partial charge in [-0.3, -0.25) is 24.4 Å². The molecule has 1 aliphatic rings. The van der Waals surface area contributed by atoms with Crippen LogP contribution in [0, 0.1) is 0 Å². The van der Waals surface area contributed by atoms with E-state index in [2.05, 4.69) is 4.98 Å². The predicted molar refractivity (Wildman–Crippen MR) is 113 cm³/mol. The summed E-state index contributed by atoms with van der Waals surface area (Å²) in [4.78, 5) is 30.9. The molecule has 9 nitrogen and oxygen atoms in total. The lowest BCUT2D eigenvalue weighted by Gasteiger charge is -2.44. The second-order valence-electron chi connectivity index (χ2n) is 8.04. The first-order valence-corrected chi connectivity index (χ1v) is 10.4. The summed E-state index contributed by atoms with van der Waals surface area (Å²) in [6.07, 6.45) is 3.21. The third-order valence-electron chi connectivity index (χ3n) is 5.76. The number of hydrogen-bond donors (Lipinski definition) is 4. The van der Waals surface area contributed by atoms with Gasteiger partial charge >= 0.3 is 11.9 Å². The minimum atomic E-state index is -1.67. The van der Waals surface area contributed by atoms with Crippen molar-refractivity contribution < 1.29 is 30.0 Å². The molecule has 2 aromatic rings. The van der Waals surface area contributed by atoms with Crippen LogP contribution >= 0.6 is 0 Å². The molecule has 1 unspecified atom stereocenters. The quantitative estimate of drug-likeness (QED) is 0.408. The average molecular weight is 431 g/mol. The monoisotopic (exact) mass is 431 g/mol. The van der Waals surface area contributed by atoms with Gasteiger partial charge in [-0.25, -0.2) is 0 Å². The van der Waals surface area contributed by atoms with Gasteiger partial charge in [0.25, 0.3) is 0 Å². The third kappa shape index (κ3) is 6.44. The highest BCUT2D eigenvalue weighted by Crippen LogP contribution is 2.29. The maximum atomic E-state index is 11.6.